The van der Waals surface area contributed by atoms with Crippen molar-refractivity contribution in [3.05, 3.63) is 35.9 Å². The number of alkyl halides is 3. The summed E-state index contributed by atoms with van der Waals surface area (Å²) in [5.74, 6) is -1.42. The Morgan fingerprint density at radius 1 is 1.26 bits per heavy atom. The van der Waals surface area contributed by atoms with Crippen LogP contribution in [0.15, 0.2) is 24.8 Å². The van der Waals surface area contributed by atoms with Gasteiger partial charge in [-0.3, -0.25) is 4.57 Å². The SMILES string of the molecule is Nc1cc(C(F)(F)F)c(-n2cnnc2)cc1C(=O)O. The summed E-state index contributed by atoms with van der Waals surface area (Å²) in [5.41, 5.74) is 2.98. The van der Waals surface area contributed by atoms with Crippen LogP contribution in [0, 0.1) is 0 Å². The molecule has 0 saturated carbocycles. The Kier molecular flexibility index (Phi) is 2.89. The number of hydrogen-bond donors (Lipinski definition) is 2. The largest absolute Gasteiger partial charge is 0.478 e. The molecule has 0 spiro atoms. The van der Waals surface area contributed by atoms with Crippen molar-refractivity contribution in [3.8, 4) is 5.69 Å². The Labute approximate surface area is 104 Å². The number of aromatic nitrogens is 3. The monoisotopic (exact) mass is 272 g/mol. The van der Waals surface area contributed by atoms with Crippen LogP contribution >= 0.6 is 0 Å². The van der Waals surface area contributed by atoms with Gasteiger partial charge in [-0.05, 0) is 12.1 Å². The molecule has 0 fully saturated rings. The number of benzene rings is 1. The number of carboxylic acid groups (broad SMARTS) is 1. The topological polar surface area (TPSA) is 94.0 Å². The number of carboxylic acids is 1. The molecule has 0 aliphatic rings. The van der Waals surface area contributed by atoms with Gasteiger partial charge in [-0.2, -0.15) is 13.2 Å². The van der Waals surface area contributed by atoms with Crippen molar-refractivity contribution in [2.75, 3.05) is 5.73 Å². The minimum atomic E-state index is -4.68. The molecule has 3 N–H and O–H groups in total. The fraction of sp³-hybridized carbons (Fsp3) is 0.100. The lowest BCUT2D eigenvalue weighted by molar-refractivity contribution is -0.137. The molecule has 1 aromatic heterocycles. The first-order valence-electron chi connectivity index (χ1n) is 4.89. The van der Waals surface area contributed by atoms with Crippen molar-refractivity contribution >= 4 is 11.7 Å². The van der Waals surface area contributed by atoms with E-state index in [0.717, 1.165) is 23.3 Å². The van der Waals surface area contributed by atoms with Crippen LogP contribution in [0.1, 0.15) is 15.9 Å². The number of rotatable bonds is 2. The zero-order valence-electron chi connectivity index (χ0n) is 9.22. The summed E-state index contributed by atoms with van der Waals surface area (Å²) < 4.78 is 39.7. The Morgan fingerprint density at radius 3 is 2.32 bits per heavy atom. The summed E-state index contributed by atoms with van der Waals surface area (Å²) in [6.45, 7) is 0. The van der Waals surface area contributed by atoms with Crippen molar-refractivity contribution in [2.45, 2.75) is 6.18 Å². The Hall–Kier alpha value is -2.58. The number of nitrogen functional groups attached to an aromatic ring is 1. The van der Waals surface area contributed by atoms with E-state index < -0.39 is 34.6 Å². The smallest absolute Gasteiger partial charge is 0.418 e. The lowest BCUT2D eigenvalue weighted by Gasteiger charge is -2.15. The van der Waals surface area contributed by atoms with Gasteiger partial charge in [0.2, 0.25) is 0 Å². The summed E-state index contributed by atoms with van der Waals surface area (Å²) >= 11 is 0. The van der Waals surface area contributed by atoms with Gasteiger partial charge in [-0.1, -0.05) is 0 Å². The summed E-state index contributed by atoms with van der Waals surface area (Å²) in [6.07, 6.45) is -2.61. The highest BCUT2D eigenvalue weighted by molar-refractivity contribution is 5.94. The van der Waals surface area contributed by atoms with Crippen molar-refractivity contribution in [1.29, 1.82) is 0 Å². The third kappa shape index (κ3) is 2.34. The first kappa shape index (κ1) is 12.9. The van der Waals surface area contributed by atoms with Crippen LogP contribution in [-0.4, -0.2) is 25.8 Å². The average molecular weight is 272 g/mol. The fourth-order valence-electron chi connectivity index (χ4n) is 1.56. The third-order valence-corrected chi connectivity index (χ3v) is 2.40. The molecule has 0 radical (unpaired) electrons. The predicted molar refractivity (Wildman–Crippen MR) is 57.7 cm³/mol. The van der Waals surface area contributed by atoms with Crippen LogP contribution in [0.25, 0.3) is 5.69 Å². The maximum atomic E-state index is 12.9. The molecule has 0 saturated heterocycles. The van der Waals surface area contributed by atoms with Crippen LogP contribution in [-0.2, 0) is 6.18 Å². The van der Waals surface area contributed by atoms with Crippen LogP contribution in [0.2, 0.25) is 0 Å². The van der Waals surface area contributed by atoms with E-state index in [4.69, 9.17) is 10.8 Å². The fourth-order valence-corrected chi connectivity index (χ4v) is 1.56. The first-order valence-corrected chi connectivity index (χ1v) is 4.89. The number of carbonyl (C=O) groups is 1. The summed E-state index contributed by atoms with van der Waals surface area (Å²) in [7, 11) is 0. The van der Waals surface area contributed by atoms with Gasteiger partial charge in [0.25, 0.3) is 0 Å². The van der Waals surface area contributed by atoms with Crippen molar-refractivity contribution in [1.82, 2.24) is 14.8 Å². The van der Waals surface area contributed by atoms with E-state index in [1.807, 2.05) is 0 Å². The number of nitrogens with zero attached hydrogens (tertiary/aromatic N) is 3. The van der Waals surface area contributed by atoms with Gasteiger partial charge in [0.15, 0.2) is 0 Å². The predicted octanol–water partition coefficient (Wildman–Crippen LogP) is 1.57. The Morgan fingerprint density at radius 2 is 1.84 bits per heavy atom. The van der Waals surface area contributed by atoms with Gasteiger partial charge >= 0.3 is 12.1 Å². The van der Waals surface area contributed by atoms with E-state index in [-0.39, 0.29) is 0 Å². The van der Waals surface area contributed by atoms with Gasteiger partial charge in [0.05, 0.1) is 16.8 Å². The molecular weight excluding hydrogens is 265 g/mol. The van der Waals surface area contributed by atoms with Gasteiger partial charge in [0, 0.05) is 5.69 Å². The standard InChI is InChI=1S/C10H7F3N4O2/c11-10(12,13)6-2-7(14)5(9(18)19)1-8(6)17-3-15-16-4-17/h1-4H,14H2,(H,18,19). The minimum Gasteiger partial charge on any atom is -0.478 e. The number of nitrogens with two attached hydrogens (primary N) is 1. The van der Waals surface area contributed by atoms with Gasteiger partial charge in [0.1, 0.15) is 12.7 Å². The summed E-state index contributed by atoms with van der Waals surface area (Å²) in [4.78, 5) is 10.9. The van der Waals surface area contributed by atoms with E-state index >= 15 is 0 Å². The highest BCUT2D eigenvalue weighted by Crippen LogP contribution is 2.36. The summed E-state index contributed by atoms with van der Waals surface area (Å²) in [6, 6.07) is 1.42. The first-order chi connectivity index (χ1) is 8.80. The molecule has 6 nitrogen and oxygen atoms in total. The van der Waals surface area contributed by atoms with Crippen LogP contribution in [0.3, 0.4) is 0 Å². The molecule has 19 heavy (non-hydrogen) atoms. The van der Waals surface area contributed by atoms with Crippen LogP contribution < -0.4 is 5.73 Å². The zero-order chi connectivity index (χ0) is 14.2. The second kappa shape index (κ2) is 4.26. The quantitative estimate of drug-likeness (QED) is 0.809. The van der Waals surface area contributed by atoms with Gasteiger partial charge in [-0.15, -0.1) is 10.2 Å². The molecular formula is C10H7F3N4O2. The maximum Gasteiger partial charge on any atom is 0.418 e. The second-order valence-electron chi connectivity index (χ2n) is 3.63. The second-order valence-corrected chi connectivity index (χ2v) is 3.63. The Balaban J connectivity index is 2.74. The molecule has 1 heterocycles. The average Bonchev–Trinajstić information content (AvgIpc) is 2.80. The van der Waals surface area contributed by atoms with E-state index in [0.29, 0.717) is 6.07 Å². The number of aromatic carboxylic acids is 1. The molecule has 0 atom stereocenters. The lowest BCUT2D eigenvalue weighted by atomic mass is 10.1. The normalized spacial score (nSPS) is 11.5. The minimum absolute atomic E-state index is 0.399. The molecule has 0 bridgehead atoms. The van der Waals surface area contributed by atoms with Crippen molar-refractivity contribution in [2.24, 2.45) is 0 Å². The molecule has 9 heteroatoms. The van der Waals surface area contributed by atoms with E-state index in [1.165, 1.54) is 0 Å². The zero-order valence-corrected chi connectivity index (χ0v) is 9.22. The van der Waals surface area contributed by atoms with Crippen LogP contribution in [0.4, 0.5) is 18.9 Å². The molecule has 0 aliphatic carbocycles. The number of hydrogen-bond acceptors (Lipinski definition) is 4. The maximum absolute atomic E-state index is 12.9. The number of anilines is 1. The van der Waals surface area contributed by atoms with Crippen molar-refractivity contribution < 1.29 is 23.1 Å². The van der Waals surface area contributed by atoms with E-state index in [1.54, 1.807) is 0 Å². The van der Waals surface area contributed by atoms with Crippen LogP contribution in [0.5, 0.6) is 0 Å². The molecule has 100 valence electrons. The molecule has 1 aromatic carbocycles. The lowest BCUT2D eigenvalue weighted by Crippen LogP contribution is -2.14. The van der Waals surface area contributed by atoms with E-state index in [2.05, 4.69) is 10.2 Å². The molecule has 0 amide bonds. The van der Waals surface area contributed by atoms with Crippen molar-refractivity contribution in [3.63, 3.8) is 0 Å². The highest BCUT2D eigenvalue weighted by atomic mass is 19.4. The Bertz CT molecular complexity index is 622. The van der Waals surface area contributed by atoms with Gasteiger partial charge < -0.3 is 10.8 Å². The molecule has 0 aliphatic heterocycles. The summed E-state index contributed by atoms with van der Waals surface area (Å²) in [5, 5.41) is 15.7. The van der Waals surface area contributed by atoms with E-state index in [9.17, 15) is 18.0 Å². The van der Waals surface area contributed by atoms with Gasteiger partial charge in [-0.25, -0.2) is 4.79 Å². The highest BCUT2D eigenvalue weighted by Gasteiger charge is 2.35. The molecule has 2 rings (SSSR count). The number of halogens is 3. The molecule has 0 unspecified atom stereocenters. The third-order valence-electron chi connectivity index (χ3n) is 2.40. The molecule has 2 aromatic rings.